The molecule has 0 aliphatic rings. The standard InChI is InChI=1S/C12H9NO6S/c1-20(17,18)9-3-4-10(11(6-9)13(15)16)12-5-2-8(7-14)19-12/h2-7H,1H3. The minimum Gasteiger partial charge on any atom is -0.453 e. The Morgan fingerprint density at radius 3 is 2.45 bits per heavy atom. The number of nitro benzene ring substituents is 1. The summed E-state index contributed by atoms with van der Waals surface area (Å²) in [5.74, 6) is 0.153. The fourth-order valence-electron chi connectivity index (χ4n) is 1.66. The topological polar surface area (TPSA) is 107 Å². The van der Waals surface area contributed by atoms with Crippen molar-refractivity contribution in [3.05, 3.63) is 46.2 Å². The second-order valence-electron chi connectivity index (χ2n) is 4.03. The highest BCUT2D eigenvalue weighted by Crippen LogP contribution is 2.32. The first-order valence-corrected chi connectivity index (χ1v) is 7.26. The van der Waals surface area contributed by atoms with Crippen LogP contribution in [0.5, 0.6) is 0 Å². The summed E-state index contributed by atoms with van der Waals surface area (Å²) in [4.78, 5) is 20.7. The molecule has 20 heavy (non-hydrogen) atoms. The van der Waals surface area contributed by atoms with Crippen LogP contribution in [0.3, 0.4) is 0 Å². The van der Waals surface area contributed by atoms with E-state index in [2.05, 4.69) is 0 Å². The summed E-state index contributed by atoms with van der Waals surface area (Å²) >= 11 is 0. The molecular formula is C12H9NO6S. The van der Waals surface area contributed by atoms with Gasteiger partial charge in [-0.2, -0.15) is 0 Å². The molecule has 0 N–H and O–H groups in total. The number of nitro groups is 1. The van der Waals surface area contributed by atoms with Crippen LogP contribution in [0.1, 0.15) is 10.6 Å². The molecule has 0 unspecified atom stereocenters. The number of hydrogen-bond donors (Lipinski definition) is 0. The first-order valence-electron chi connectivity index (χ1n) is 5.37. The van der Waals surface area contributed by atoms with Crippen LogP contribution < -0.4 is 0 Å². The molecule has 104 valence electrons. The molecule has 1 heterocycles. The molecule has 7 nitrogen and oxygen atoms in total. The average Bonchev–Trinajstić information content (AvgIpc) is 2.85. The van der Waals surface area contributed by atoms with Crippen molar-refractivity contribution >= 4 is 21.8 Å². The van der Waals surface area contributed by atoms with Crippen molar-refractivity contribution in [1.29, 1.82) is 0 Å². The third-order valence-electron chi connectivity index (χ3n) is 2.60. The average molecular weight is 295 g/mol. The molecule has 8 heteroatoms. The van der Waals surface area contributed by atoms with E-state index in [0.29, 0.717) is 6.29 Å². The quantitative estimate of drug-likeness (QED) is 0.485. The minimum absolute atomic E-state index is 0.0292. The normalized spacial score (nSPS) is 11.2. The van der Waals surface area contributed by atoms with Gasteiger partial charge in [0.2, 0.25) is 0 Å². The summed E-state index contributed by atoms with van der Waals surface area (Å²) in [6.45, 7) is 0. The molecule has 0 radical (unpaired) electrons. The van der Waals surface area contributed by atoms with E-state index in [1.54, 1.807) is 0 Å². The predicted octanol–water partition coefficient (Wildman–Crippen LogP) is 2.07. The lowest BCUT2D eigenvalue weighted by Gasteiger charge is -2.02. The van der Waals surface area contributed by atoms with Crippen LogP contribution in [0, 0.1) is 10.1 Å². The predicted molar refractivity (Wildman–Crippen MR) is 69.3 cm³/mol. The van der Waals surface area contributed by atoms with Gasteiger partial charge in [-0.3, -0.25) is 14.9 Å². The van der Waals surface area contributed by atoms with E-state index in [0.717, 1.165) is 12.3 Å². The molecule has 0 fully saturated rings. The molecule has 2 aromatic rings. The number of sulfone groups is 1. The number of rotatable bonds is 4. The lowest BCUT2D eigenvalue weighted by molar-refractivity contribution is -0.384. The van der Waals surface area contributed by atoms with Crippen LogP contribution >= 0.6 is 0 Å². The molecule has 1 aromatic carbocycles. The van der Waals surface area contributed by atoms with Crippen molar-refractivity contribution in [1.82, 2.24) is 0 Å². The van der Waals surface area contributed by atoms with E-state index < -0.39 is 20.4 Å². The molecule has 0 spiro atoms. The van der Waals surface area contributed by atoms with Crippen LogP contribution in [0.4, 0.5) is 5.69 Å². The fraction of sp³-hybridized carbons (Fsp3) is 0.0833. The maximum atomic E-state index is 11.4. The zero-order valence-electron chi connectivity index (χ0n) is 10.3. The molecule has 0 saturated carbocycles. The van der Waals surface area contributed by atoms with E-state index in [-0.39, 0.29) is 22.0 Å². The number of nitrogens with zero attached hydrogens (tertiary/aromatic N) is 1. The fourth-order valence-corrected chi connectivity index (χ4v) is 2.30. The van der Waals surface area contributed by atoms with Gasteiger partial charge in [-0.05, 0) is 24.3 Å². The zero-order chi connectivity index (χ0) is 14.9. The van der Waals surface area contributed by atoms with Crippen molar-refractivity contribution in [3.63, 3.8) is 0 Å². The first-order chi connectivity index (χ1) is 9.32. The van der Waals surface area contributed by atoms with E-state index in [9.17, 15) is 23.3 Å². The first kappa shape index (κ1) is 13.9. The minimum atomic E-state index is -3.55. The van der Waals surface area contributed by atoms with Crippen LogP contribution in [0.25, 0.3) is 11.3 Å². The maximum Gasteiger partial charge on any atom is 0.281 e. The zero-order valence-corrected chi connectivity index (χ0v) is 11.1. The number of aldehydes is 1. The van der Waals surface area contributed by atoms with Gasteiger partial charge in [0.15, 0.2) is 21.9 Å². The third kappa shape index (κ3) is 2.59. The molecule has 2 rings (SSSR count). The second-order valence-corrected chi connectivity index (χ2v) is 6.04. The van der Waals surface area contributed by atoms with E-state index in [1.807, 2.05) is 0 Å². The van der Waals surface area contributed by atoms with Gasteiger partial charge in [0.1, 0.15) is 5.76 Å². The summed E-state index contributed by atoms with van der Waals surface area (Å²) in [5.41, 5.74) is -0.296. The van der Waals surface area contributed by atoms with Gasteiger partial charge >= 0.3 is 0 Å². The van der Waals surface area contributed by atoms with E-state index in [1.165, 1.54) is 24.3 Å². The number of furan rings is 1. The largest absolute Gasteiger partial charge is 0.453 e. The van der Waals surface area contributed by atoms with Gasteiger partial charge in [-0.25, -0.2) is 8.42 Å². The van der Waals surface area contributed by atoms with Gasteiger partial charge in [0.05, 0.1) is 15.4 Å². The van der Waals surface area contributed by atoms with Crippen molar-refractivity contribution < 1.29 is 22.6 Å². The molecule has 0 atom stereocenters. The van der Waals surface area contributed by atoms with Crippen LogP contribution in [-0.2, 0) is 9.84 Å². The van der Waals surface area contributed by atoms with Crippen LogP contribution in [0.2, 0.25) is 0 Å². The highest BCUT2D eigenvalue weighted by Gasteiger charge is 2.21. The Bertz CT molecular complexity index is 790. The highest BCUT2D eigenvalue weighted by atomic mass is 32.2. The Balaban J connectivity index is 2.64. The van der Waals surface area contributed by atoms with Gasteiger partial charge in [-0.1, -0.05) is 0 Å². The number of carbonyl (C=O) groups excluding carboxylic acids is 1. The van der Waals surface area contributed by atoms with E-state index >= 15 is 0 Å². The van der Waals surface area contributed by atoms with Crippen molar-refractivity contribution in [3.8, 4) is 11.3 Å². The summed E-state index contributed by atoms with van der Waals surface area (Å²) in [6.07, 6.45) is 1.43. The Labute approximate surface area is 113 Å². The molecule has 0 saturated heterocycles. The van der Waals surface area contributed by atoms with Crippen molar-refractivity contribution in [2.75, 3.05) is 6.26 Å². The molecule has 0 aliphatic heterocycles. The van der Waals surface area contributed by atoms with Gasteiger partial charge in [0.25, 0.3) is 5.69 Å². The highest BCUT2D eigenvalue weighted by molar-refractivity contribution is 7.90. The van der Waals surface area contributed by atoms with Crippen molar-refractivity contribution in [2.45, 2.75) is 4.90 Å². The van der Waals surface area contributed by atoms with Crippen LogP contribution in [0.15, 0.2) is 39.6 Å². The SMILES string of the molecule is CS(=O)(=O)c1ccc(-c2ccc(C=O)o2)c([N+](=O)[O-])c1. The summed E-state index contributed by atoms with van der Waals surface area (Å²) in [7, 11) is -3.55. The third-order valence-corrected chi connectivity index (χ3v) is 3.71. The smallest absolute Gasteiger partial charge is 0.281 e. The Morgan fingerprint density at radius 1 is 1.25 bits per heavy atom. The van der Waals surface area contributed by atoms with Crippen LogP contribution in [-0.4, -0.2) is 25.9 Å². The molecule has 0 amide bonds. The Morgan fingerprint density at radius 2 is 1.95 bits per heavy atom. The van der Waals surface area contributed by atoms with Gasteiger partial charge in [-0.15, -0.1) is 0 Å². The van der Waals surface area contributed by atoms with Crippen molar-refractivity contribution in [2.24, 2.45) is 0 Å². The summed E-state index contributed by atoms with van der Waals surface area (Å²) in [6, 6.07) is 6.28. The number of hydrogen-bond acceptors (Lipinski definition) is 6. The maximum absolute atomic E-state index is 11.4. The lowest BCUT2D eigenvalue weighted by atomic mass is 10.1. The monoisotopic (exact) mass is 295 g/mol. The Kier molecular flexibility index (Phi) is 3.41. The molecular weight excluding hydrogens is 286 g/mol. The molecule has 1 aromatic heterocycles. The summed E-state index contributed by atoms with van der Waals surface area (Å²) in [5, 5.41) is 11.1. The molecule has 0 bridgehead atoms. The Hall–Kier alpha value is -2.48. The van der Waals surface area contributed by atoms with E-state index in [4.69, 9.17) is 4.42 Å². The van der Waals surface area contributed by atoms with Gasteiger partial charge < -0.3 is 4.42 Å². The second kappa shape index (κ2) is 4.89. The number of carbonyl (C=O) groups is 1. The molecule has 0 aliphatic carbocycles. The lowest BCUT2D eigenvalue weighted by Crippen LogP contribution is -1.99. The number of benzene rings is 1. The summed E-state index contributed by atoms with van der Waals surface area (Å²) < 4.78 is 27.9. The van der Waals surface area contributed by atoms with Gasteiger partial charge in [0, 0.05) is 12.3 Å².